The number of tetrazole rings is 1. The molecule has 1 saturated carbocycles. The van der Waals surface area contributed by atoms with Crippen LogP contribution in [0.5, 0.6) is 0 Å². The molecule has 0 spiro atoms. The van der Waals surface area contributed by atoms with Crippen molar-refractivity contribution in [2.75, 3.05) is 22.9 Å². The van der Waals surface area contributed by atoms with E-state index in [0.29, 0.717) is 38.1 Å². The van der Waals surface area contributed by atoms with E-state index in [2.05, 4.69) is 26.4 Å². The van der Waals surface area contributed by atoms with Crippen molar-refractivity contribution in [2.24, 2.45) is 18.9 Å². The fourth-order valence-corrected chi connectivity index (χ4v) is 6.85. The number of benzene rings is 2. The number of hydrogen-bond acceptors (Lipinski definition) is 7. The summed E-state index contributed by atoms with van der Waals surface area (Å²) in [5.74, 6) is -1.52. The summed E-state index contributed by atoms with van der Waals surface area (Å²) in [4.78, 5) is 25.6. The van der Waals surface area contributed by atoms with Crippen LogP contribution in [0.25, 0.3) is 0 Å². The lowest BCUT2D eigenvalue weighted by atomic mass is 9.81. The fraction of sp³-hybridized carbons (Fsp3) is 0.545. The molecule has 10 nitrogen and oxygen atoms in total. The molecular formula is C33H40F6N6O4. The summed E-state index contributed by atoms with van der Waals surface area (Å²) in [7, 11) is 1.54. The Morgan fingerprint density at radius 2 is 1.51 bits per heavy atom. The highest BCUT2D eigenvalue weighted by Gasteiger charge is 2.38. The van der Waals surface area contributed by atoms with Crippen molar-refractivity contribution < 1.29 is 46.1 Å². The number of halogens is 6. The van der Waals surface area contributed by atoms with E-state index >= 15 is 0 Å². The third kappa shape index (κ3) is 9.63. The minimum Gasteiger partial charge on any atom is -0.481 e. The standard InChI is InChI=1S/C31H36F6N6O2.C2H4O2/c1-18-11-19(2)27-25(12-18)26(5-4-10-42(27)16-20-6-8-22(9-7-20)28(44)45)43(29-38-40-41(3)39-29)17-21-13-23(30(32,33)34)15-24(14-21)31(35,36)37;1-2(3)4/h11-15,20,22,26H,4-10,16-17H2,1-3H3,(H,44,45);1H3,(H,3,4)/t20?,22?,26-;/m0./s1. The molecule has 268 valence electrons. The van der Waals surface area contributed by atoms with Crippen molar-refractivity contribution in [1.29, 1.82) is 0 Å². The topological polar surface area (TPSA) is 125 Å². The van der Waals surface area contributed by atoms with Crippen LogP contribution in [0.2, 0.25) is 0 Å². The van der Waals surface area contributed by atoms with Crippen molar-refractivity contribution in [3.63, 3.8) is 0 Å². The normalized spacial score (nSPS) is 19.7. The lowest BCUT2D eigenvalue weighted by Gasteiger charge is -2.36. The summed E-state index contributed by atoms with van der Waals surface area (Å²) in [5, 5.41) is 29.2. The highest BCUT2D eigenvalue weighted by Crippen LogP contribution is 2.43. The monoisotopic (exact) mass is 698 g/mol. The molecule has 1 aliphatic carbocycles. The Morgan fingerprint density at radius 1 is 0.918 bits per heavy atom. The van der Waals surface area contributed by atoms with Crippen molar-refractivity contribution in [3.05, 3.63) is 63.7 Å². The molecule has 0 amide bonds. The Bertz CT molecular complexity index is 1600. The van der Waals surface area contributed by atoms with Gasteiger partial charge in [0.25, 0.3) is 11.9 Å². The summed E-state index contributed by atoms with van der Waals surface area (Å²) in [6, 6.07) is 5.23. The molecule has 5 rings (SSSR count). The maximum atomic E-state index is 13.7. The molecule has 1 aromatic heterocycles. The van der Waals surface area contributed by atoms with E-state index in [1.54, 1.807) is 4.90 Å². The van der Waals surface area contributed by atoms with Crippen molar-refractivity contribution >= 4 is 23.6 Å². The number of alkyl halides is 6. The van der Waals surface area contributed by atoms with Gasteiger partial charge in [-0.15, -0.1) is 5.10 Å². The number of aryl methyl sites for hydroxylation is 3. The number of hydrogen-bond donors (Lipinski definition) is 2. The second-order valence-electron chi connectivity index (χ2n) is 12.8. The molecule has 16 heteroatoms. The average molecular weight is 699 g/mol. The van der Waals surface area contributed by atoms with Crippen LogP contribution in [-0.2, 0) is 35.5 Å². The predicted molar refractivity (Wildman–Crippen MR) is 168 cm³/mol. The predicted octanol–water partition coefficient (Wildman–Crippen LogP) is 7.19. The van der Waals surface area contributed by atoms with Gasteiger partial charge in [-0.2, -0.15) is 31.1 Å². The van der Waals surface area contributed by atoms with Crippen LogP contribution >= 0.6 is 0 Å². The van der Waals surface area contributed by atoms with E-state index < -0.39 is 41.5 Å². The van der Waals surface area contributed by atoms with E-state index in [9.17, 15) is 36.2 Å². The highest BCUT2D eigenvalue weighted by molar-refractivity contribution is 5.70. The first-order chi connectivity index (χ1) is 22.8. The highest BCUT2D eigenvalue weighted by atomic mass is 19.4. The van der Waals surface area contributed by atoms with Gasteiger partial charge < -0.3 is 20.0 Å². The number of nitrogens with zero attached hydrogens (tertiary/aromatic N) is 6. The zero-order valence-electron chi connectivity index (χ0n) is 27.6. The maximum Gasteiger partial charge on any atom is 0.416 e. The molecule has 0 unspecified atom stereocenters. The molecule has 2 aliphatic rings. The van der Waals surface area contributed by atoms with Gasteiger partial charge in [0.15, 0.2) is 0 Å². The van der Waals surface area contributed by atoms with Crippen LogP contribution in [0.15, 0.2) is 30.3 Å². The first-order valence-corrected chi connectivity index (χ1v) is 15.9. The lowest BCUT2D eigenvalue weighted by molar-refractivity contribution is -0.144. The molecule has 3 aromatic rings. The van der Waals surface area contributed by atoms with Crippen molar-refractivity contribution in [2.45, 2.75) is 84.2 Å². The molecular weight excluding hydrogens is 658 g/mol. The molecule has 2 aromatic carbocycles. The molecule has 49 heavy (non-hydrogen) atoms. The zero-order valence-corrected chi connectivity index (χ0v) is 27.6. The Balaban J connectivity index is 0.00000128. The second-order valence-corrected chi connectivity index (χ2v) is 12.8. The van der Waals surface area contributed by atoms with E-state index in [0.717, 1.165) is 60.8 Å². The van der Waals surface area contributed by atoms with E-state index in [1.165, 1.54) is 11.8 Å². The van der Waals surface area contributed by atoms with Gasteiger partial charge in [-0.1, -0.05) is 22.8 Å². The number of anilines is 2. The van der Waals surface area contributed by atoms with Crippen LogP contribution in [0.3, 0.4) is 0 Å². The SMILES string of the molecule is CC(=O)O.Cc1cc(C)c2c(c1)[C@@H](N(Cc1cc(C(F)(F)F)cc(C(F)(F)F)c1)c1nnn(C)n1)CCCN2CC1CCC(C(=O)O)CC1. The number of fused-ring (bicyclic) bond motifs is 1. The quantitative estimate of drug-likeness (QED) is 0.247. The first-order valence-electron chi connectivity index (χ1n) is 15.9. The lowest BCUT2D eigenvalue weighted by Crippen LogP contribution is -2.34. The Morgan fingerprint density at radius 3 is 2.02 bits per heavy atom. The zero-order chi connectivity index (χ0) is 36.3. The van der Waals surface area contributed by atoms with Gasteiger partial charge in [0.1, 0.15) is 0 Å². The average Bonchev–Trinajstić information content (AvgIpc) is 3.34. The summed E-state index contributed by atoms with van der Waals surface area (Å²) >= 11 is 0. The third-order valence-corrected chi connectivity index (χ3v) is 8.86. The van der Waals surface area contributed by atoms with Gasteiger partial charge in [0, 0.05) is 32.2 Å². The molecule has 1 atom stereocenters. The number of aromatic nitrogens is 4. The van der Waals surface area contributed by atoms with E-state index in [1.807, 2.05) is 19.9 Å². The van der Waals surface area contributed by atoms with Crippen LogP contribution < -0.4 is 9.80 Å². The number of carbonyl (C=O) groups is 2. The summed E-state index contributed by atoms with van der Waals surface area (Å²) in [5.41, 5.74) is 0.892. The van der Waals surface area contributed by atoms with Crippen molar-refractivity contribution in [1.82, 2.24) is 20.2 Å². The van der Waals surface area contributed by atoms with Crippen LogP contribution in [0, 0.1) is 25.7 Å². The molecule has 0 radical (unpaired) electrons. The van der Waals surface area contributed by atoms with Gasteiger partial charge in [-0.05, 0) is 98.4 Å². The fourth-order valence-electron chi connectivity index (χ4n) is 6.85. The van der Waals surface area contributed by atoms with Gasteiger partial charge in [0.05, 0.1) is 30.1 Å². The molecule has 0 bridgehead atoms. The van der Waals surface area contributed by atoms with E-state index in [-0.39, 0.29) is 30.0 Å². The van der Waals surface area contributed by atoms with Gasteiger partial charge in [0.2, 0.25) is 0 Å². The Hall–Kier alpha value is -4.37. The molecule has 0 saturated heterocycles. The van der Waals surface area contributed by atoms with Crippen LogP contribution in [-0.4, -0.2) is 55.4 Å². The maximum absolute atomic E-state index is 13.7. The Labute approximate surface area is 279 Å². The molecule has 1 aliphatic heterocycles. The number of carboxylic acid groups (broad SMARTS) is 2. The van der Waals surface area contributed by atoms with Gasteiger partial charge >= 0.3 is 18.3 Å². The van der Waals surface area contributed by atoms with Crippen molar-refractivity contribution in [3.8, 4) is 0 Å². The summed E-state index contributed by atoms with van der Waals surface area (Å²) < 4.78 is 82.4. The van der Waals surface area contributed by atoms with E-state index in [4.69, 9.17) is 9.90 Å². The van der Waals surface area contributed by atoms with Gasteiger partial charge in [-0.3, -0.25) is 9.59 Å². The number of carboxylic acids is 2. The number of aliphatic carboxylic acids is 2. The number of rotatable bonds is 7. The summed E-state index contributed by atoms with van der Waals surface area (Å²) in [6.07, 6.45) is -5.87. The van der Waals surface area contributed by atoms with Crippen LogP contribution in [0.1, 0.15) is 84.9 Å². The smallest absolute Gasteiger partial charge is 0.416 e. The second kappa shape index (κ2) is 15.0. The Kier molecular flexibility index (Phi) is 11.5. The summed E-state index contributed by atoms with van der Waals surface area (Å²) in [6.45, 7) is 6.13. The third-order valence-electron chi connectivity index (χ3n) is 8.86. The minimum absolute atomic E-state index is 0.0963. The molecule has 2 heterocycles. The first kappa shape index (κ1) is 37.4. The van der Waals surface area contributed by atoms with Crippen LogP contribution in [0.4, 0.5) is 38.0 Å². The minimum atomic E-state index is -4.97. The molecule has 2 N–H and O–H groups in total. The largest absolute Gasteiger partial charge is 0.481 e. The molecule has 1 fully saturated rings. The van der Waals surface area contributed by atoms with Gasteiger partial charge in [-0.25, -0.2) is 0 Å².